The molecule has 1 fully saturated rings. The second kappa shape index (κ2) is 13.6. The summed E-state index contributed by atoms with van der Waals surface area (Å²) in [6.45, 7) is 8.54. The van der Waals surface area contributed by atoms with E-state index in [1.807, 2.05) is 0 Å². The van der Waals surface area contributed by atoms with Gasteiger partial charge in [0.15, 0.2) is 6.10 Å². The van der Waals surface area contributed by atoms with E-state index in [1.165, 1.54) is 33.7 Å². The molecule has 35 heavy (non-hydrogen) atoms. The summed E-state index contributed by atoms with van der Waals surface area (Å²) in [5.74, 6) is -3.02. The molecule has 2 aliphatic rings. The molecule has 2 unspecified atom stereocenters. The zero-order chi connectivity index (χ0) is 26.1. The average molecular weight is 527 g/mol. The number of allylic oxidation sites excluding steroid dienone is 2. The molecule has 2 aliphatic heterocycles. The number of fused-ring (bicyclic) bond motifs is 6. The Hall–Kier alpha value is -2.47. The van der Waals surface area contributed by atoms with Crippen LogP contribution in [0.3, 0.4) is 0 Å². The average Bonchev–Trinajstić information content (AvgIpc) is 2.79. The first-order valence-electron chi connectivity index (χ1n) is 11.6. The van der Waals surface area contributed by atoms with Gasteiger partial charge in [-0.05, 0) is 31.3 Å². The maximum atomic E-state index is 13.1. The molecule has 194 valence electrons. The van der Waals surface area contributed by atoms with Crippen LogP contribution in [0.5, 0.6) is 0 Å². The van der Waals surface area contributed by atoms with E-state index in [-0.39, 0.29) is 23.3 Å². The van der Waals surface area contributed by atoms with E-state index in [9.17, 15) is 24.0 Å². The maximum Gasteiger partial charge on any atom is 0.330 e. The first kappa shape index (κ1) is 28.8. The normalized spacial score (nSPS) is 29.8. The molecule has 0 radical (unpaired) electrons. The van der Waals surface area contributed by atoms with E-state index in [1.54, 1.807) is 40.7 Å². The third-order valence-corrected chi connectivity index (χ3v) is 7.82. The number of carbonyl (C=O) groups is 5. The number of carbonyl (C=O) groups excluding carboxylic acids is 5. The lowest BCUT2D eigenvalue weighted by Gasteiger charge is -2.26. The molecule has 0 spiro atoms. The van der Waals surface area contributed by atoms with Crippen LogP contribution in [0.25, 0.3) is 0 Å². The Labute approximate surface area is 213 Å². The first-order valence-corrected chi connectivity index (χ1v) is 14.0. The van der Waals surface area contributed by atoms with Gasteiger partial charge in [0, 0.05) is 11.5 Å². The minimum Gasteiger partial charge on any atom is -0.446 e. The number of hydrogen-bond acceptors (Lipinski definition) is 8. The lowest BCUT2D eigenvalue weighted by atomic mass is 10.0. The summed E-state index contributed by atoms with van der Waals surface area (Å²) in [6, 6.07) is -3.00. The van der Waals surface area contributed by atoms with E-state index in [4.69, 9.17) is 4.74 Å². The largest absolute Gasteiger partial charge is 0.446 e. The molecule has 0 aromatic carbocycles. The zero-order valence-corrected chi connectivity index (χ0v) is 22.2. The summed E-state index contributed by atoms with van der Waals surface area (Å²) >= 11 is 0. The third-order valence-electron chi connectivity index (χ3n) is 5.38. The number of amides is 4. The van der Waals surface area contributed by atoms with E-state index in [2.05, 4.69) is 21.3 Å². The quantitative estimate of drug-likeness (QED) is 0.181. The summed E-state index contributed by atoms with van der Waals surface area (Å²) in [4.78, 5) is 65.3. The van der Waals surface area contributed by atoms with Crippen molar-refractivity contribution in [2.24, 2.45) is 11.8 Å². The Morgan fingerprint density at radius 1 is 0.914 bits per heavy atom. The second-order valence-electron chi connectivity index (χ2n) is 8.86. The van der Waals surface area contributed by atoms with Gasteiger partial charge in [-0.1, -0.05) is 61.4 Å². The van der Waals surface area contributed by atoms with Gasteiger partial charge in [0.2, 0.25) is 11.8 Å². The van der Waals surface area contributed by atoms with E-state index < -0.39 is 53.8 Å². The number of hydrogen-bond donors (Lipinski definition) is 4. The van der Waals surface area contributed by atoms with Gasteiger partial charge in [0.1, 0.15) is 23.8 Å². The first-order chi connectivity index (χ1) is 16.5. The Bertz CT molecular complexity index is 889. The molecule has 4 amide bonds. The van der Waals surface area contributed by atoms with Crippen LogP contribution in [-0.4, -0.2) is 65.3 Å². The minimum absolute atomic E-state index is 0.0596. The van der Waals surface area contributed by atoms with Gasteiger partial charge in [-0.3, -0.25) is 19.2 Å². The smallest absolute Gasteiger partial charge is 0.330 e. The summed E-state index contributed by atoms with van der Waals surface area (Å²) in [5.41, 5.74) is -0.0596. The van der Waals surface area contributed by atoms with Crippen LogP contribution in [0.4, 0.5) is 0 Å². The number of nitrogens with one attached hydrogen (secondary N) is 4. The molecular weight excluding hydrogens is 492 g/mol. The highest BCUT2D eigenvalue weighted by molar-refractivity contribution is 8.76. The van der Waals surface area contributed by atoms with E-state index in [0.717, 1.165) is 0 Å². The van der Waals surface area contributed by atoms with Crippen molar-refractivity contribution in [2.75, 3.05) is 11.5 Å². The van der Waals surface area contributed by atoms with Crippen LogP contribution in [0.15, 0.2) is 23.9 Å². The van der Waals surface area contributed by atoms with Crippen molar-refractivity contribution in [3.05, 3.63) is 23.9 Å². The van der Waals surface area contributed by atoms with Gasteiger partial charge in [-0.25, -0.2) is 4.79 Å². The zero-order valence-electron chi connectivity index (χ0n) is 20.6. The van der Waals surface area contributed by atoms with Crippen LogP contribution >= 0.6 is 21.6 Å². The molecule has 0 saturated carbocycles. The molecule has 2 heterocycles. The number of ether oxygens (including phenoxy) is 1. The van der Waals surface area contributed by atoms with Crippen LogP contribution in [0, 0.1) is 11.8 Å². The molecule has 0 aromatic heterocycles. The SMILES string of the molecule is C/C=C1/NC(=O)C2CSSCC/C=C\[C@@H](OC(=O)C(C(C)C)NC1=O)C(=O)N[C@@H](C(C)C)C(=O)N2. The van der Waals surface area contributed by atoms with Gasteiger partial charge >= 0.3 is 5.97 Å². The lowest BCUT2D eigenvalue weighted by molar-refractivity contribution is -0.157. The highest BCUT2D eigenvalue weighted by Crippen LogP contribution is 2.24. The Balaban J connectivity index is 2.59. The molecule has 0 aliphatic carbocycles. The van der Waals surface area contributed by atoms with Crippen molar-refractivity contribution in [1.29, 1.82) is 0 Å². The molecule has 2 rings (SSSR count). The Morgan fingerprint density at radius 2 is 1.60 bits per heavy atom. The fraction of sp³-hybridized carbons (Fsp3) is 0.609. The predicted octanol–water partition coefficient (Wildman–Crippen LogP) is 1.04. The fourth-order valence-electron chi connectivity index (χ4n) is 3.30. The summed E-state index contributed by atoms with van der Waals surface area (Å²) in [5, 5.41) is 10.5. The van der Waals surface area contributed by atoms with E-state index in [0.29, 0.717) is 12.2 Å². The van der Waals surface area contributed by atoms with E-state index >= 15 is 0 Å². The maximum absolute atomic E-state index is 13.1. The fourth-order valence-corrected chi connectivity index (χ4v) is 5.46. The molecule has 0 aromatic rings. The molecule has 12 heteroatoms. The summed E-state index contributed by atoms with van der Waals surface area (Å²) < 4.78 is 5.53. The van der Waals surface area contributed by atoms with Crippen molar-refractivity contribution < 1.29 is 28.7 Å². The highest BCUT2D eigenvalue weighted by Gasteiger charge is 2.35. The minimum atomic E-state index is -1.29. The van der Waals surface area contributed by atoms with Crippen molar-refractivity contribution in [1.82, 2.24) is 21.3 Å². The topological polar surface area (TPSA) is 143 Å². The van der Waals surface area contributed by atoms with Gasteiger partial charge < -0.3 is 26.0 Å². The van der Waals surface area contributed by atoms with Crippen LogP contribution in [-0.2, 0) is 28.7 Å². The van der Waals surface area contributed by atoms with Gasteiger partial charge in [-0.2, -0.15) is 0 Å². The van der Waals surface area contributed by atoms with Gasteiger partial charge in [0.25, 0.3) is 11.8 Å². The lowest BCUT2D eigenvalue weighted by Crippen LogP contribution is -2.57. The van der Waals surface area contributed by atoms with Crippen molar-refractivity contribution in [3.63, 3.8) is 0 Å². The van der Waals surface area contributed by atoms with Gasteiger partial charge in [0.05, 0.1) is 0 Å². The molecule has 4 N–H and O–H groups in total. The van der Waals surface area contributed by atoms with Crippen LogP contribution in [0.2, 0.25) is 0 Å². The molecule has 1 saturated heterocycles. The second-order valence-corrected chi connectivity index (χ2v) is 11.5. The number of rotatable bonds is 2. The van der Waals surface area contributed by atoms with Crippen molar-refractivity contribution in [3.8, 4) is 0 Å². The van der Waals surface area contributed by atoms with Crippen LogP contribution < -0.4 is 21.3 Å². The predicted molar refractivity (Wildman–Crippen MR) is 136 cm³/mol. The molecule has 10 nitrogen and oxygen atoms in total. The number of esters is 1. The van der Waals surface area contributed by atoms with Crippen molar-refractivity contribution >= 4 is 51.2 Å². The summed E-state index contributed by atoms with van der Waals surface area (Å²) in [7, 11) is 2.92. The molecule has 4 atom stereocenters. The Morgan fingerprint density at radius 3 is 2.23 bits per heavy atom. The molecule has 2 bridgehead atoms. The van der Waals surface area contributed by atoms with Crippen LogP contribution in [0.1, 0.15) is 41.0 Å². The highest BCUT2D eigenvalue weighted by atomic mass is 33.1. The monoisotopic (exact) mass is 526 g/mol. The summed E-state index contributed by atoms with van der Waals surface area (Å²) in [6.07, 6.45) is 3.95. The van der Waals surface area contributed by atoms with Gasteiger partial charge in [-0.15, -0.1) is 0 Å². The van der Waals surface area contributed by atoms with Crippen molar-refractivity contribution in [2.45, 2.75) is 65.3 Å². The molecular formula is C23H34N4O6S2. The Kier molecular flexibility index (Phi) is 11.2. The third kappa shape index (κ3) is 8.31. The standard InChI is InChI=1S/C23H34N4O6S2/c1-6-14-19(28)27-18(13(4)5)23(32)33-16-9-7-8-10-34-35-11-15(20(29)24-14)25-22(31)17(12(2)3)26-21(16)30/h6-7,9,12-13,15-18H,8,10-11H2,1-5H3,(H,24,29)(H,25,31)(H,26,30)(H,27,28)/b9-7-,14-6+/t15?,16-,17+,18?/m1/s1.